The van der Waals surface area contributed by atoms with Crippen molar-refractivity contribution in [1.82, 2.24) is 0 Å². The highest BCUT2D eigenvalue weighted by atomic mass is 16.6. The minimum Gasteiger partial charge on any atom is -0.460 e. The third-order valence-corrected chi connectivity index (χ3v) is 3.16. The molecule has 0 heterocycles. The van der Waals surface area contributed by atoms with E-state index in [0.717, 1.165) is 5.56 Å². The molecule has 140 valence electrons. The first kappa shape index (κ1) is 21.0. The number of aliphatic hydroxyl groups excluding tert-OH is 1. The van der Waals surface area contributed by atoms with Crippen LogP contribution in [0.2, 0.25) is 0 Å². The van der Waals surface area contributed by atoms with Crippen LogP contribution in [0.5, 0.6) is 0 Å². The number of aliphatic hydroxyl groups is 1. The highest BCUT2D eigenvalue weighted by Crippen LogP contribution is 2.27. The van der Waals surface area contributed by atoms with Gasteiger partial charge in [0.15, 0.2) is 0 Å². The minimum absolute atomic E-state index is 0.0556. The zero-order valence-corrected chi connectivity index (χ0v) is 16.1. The Labute approximate surface area is 149 Å². The molecule has 1 amide bonds. The van der Waals surface area contributed by atoms with Crippen molar-refractivity contribution in [2.45, 2.75) is 72.7 Å². The van der Waals surface area contributed by atoms with Gasteiger partial charge in [-0.2, -0.15) is 0 Å². The molecule has 2 N–H and O–H groups in total. The number of nitrogens with one attached hydrogen (secondary N) is 1. The Balaban J connectivity index is 3.15. The lowest BCUT2D eigenvalue weighted by molar-refractivity contribution is -0.153. The van der Waals surface area contributed by atoms with Gasteiger partial charge in [0.2, 0.25) is 0 Å². The van der Waals surface area contributed by atoms with Crippen LogP contribution in [0.25, 0.3) is 0 Å². The molecule has 0 spiro atoms. The summed E-state index contributed by atoms with van der Waals surface area (Å²) in [5.41, 5.74) is 1.06. The van der Waals surface area contributed by atoms with Gasteiger partial charge in [-0.15, -0.1) is 0 Å². The van der Waals surface area contributed by atoms with Crippen molar-refractivity contribution in [1.29, 1.82) is 0 Å². The number of amides is 1. The highest BCUT2D eigenvalue weighted by molar-refractivity contribution is 5.89. The van der Waals surface area contributed by atoms with Gasteiger partial charge in [0.1, 0.15) is 11.2 Å². The van der Waals surface area contributed by atoms with E-state index >= 15 is 0 Å². The first-order valence-corrected chi connectivity index (χ1v) is 8.26. The summed E-state index contributed by atoms with van der Waals surface area (Å²) >= 11 is 0. The normalized spacial score (nSPS) is 11.8. The number of hydrogen-bond donors (Lipinski definition) is 2. The third-order valence-electron chi connectivity index (χ3n) is 3.16. The van der Waals surface area contributed by atoms with Crippen LogP contribution in [-0.2, 0) is 27.3 Å². The Kier molecular flexibility index (Phi) is 6.60. The van der Waals surface area contributed by atoms with Crippen LogP contribution < -0.4 is 5.32 Å². The summed E-state index contributed by atoms with van der Waals surface area (Å²) in [6.45, 7) is 12.2. The first-order chi connectivity index (χ1) is 11.3. The van der Waals surface area contributed by atoms with Crippen molar-refractivity contribution >= 4 is 17.7 Å². The Morgan fingerprint density at radius 2 is 1.60 bits per heavy atom. The standard InChI is InChI=1S/C19H29NO5/c1-12-8-9-13(11-21)14(10-15(22)24-18(2,3)4)16(12)20-17(23)25-19(5,6)7/h8-9,21H,10-11H2,1-7H3,(H,20,23). The number of hydrogen-bond acceptors (Lipinski definition) is 5. The number of anilines is 1. The average Bonchev–Trinajstić information content (AvgIpc) is 2.39. The van der Waals surface area contributed by atoms with Crippen molar-refractivity contribution in [3.8, 4) is 0 Å². The van der Waals surface area contributed by atoms with Crippen LogP contribution in [0.3, 0.4) is 0 Å². The van der Waals surface area contributed by atoms with Crippen LogP contribution in [-0.4, -0.2) is 28.4 Å². The summed E-state index contributed by atoms with van der Waals surface area (Å²) in [7, 11) is 0. The van der Waals surface area contributed by atoms with E-state index in [1.807, 2.05) is 6.92 Å². The van der Waals surface area contributed by atoms with Gasteiger partial charge in [-0.05, 0) is 65.2 Å². The maximum Gasteiger partial charge on any atom is 0.412 e. The van der Waals surface area contributed by atoms with E-state index in [1.54, 1.807) is 53.7 Å². The Bertz CT molecular complexity index is 638. The Morgan fingerprint density at radius 3 is 2.08 bits per heavy atom. The number of carbonyl (C=O) groups excluding carboxylic acids is 2. The lowest BCUT2D eigenvalue weighted by atomic mass is 9.98. The fraction of sp³-hybridized carbons (Fsp3) is 0.579. The molecule has 6 nitrogen and oxygen atoms in total. The van der Waals surface area contributed by atoms with Crippen LogP contribution in [0.1, 0.15) is 58.2 Å². The van der Waals surface area contributed by atoms with Crippen LogP contribution in [0, 0.1) is 6.92 Å². The summed E-state index contributed by atoms with van der Waals surface area (Å²) in [5.74, 6) is -0.431. The van der Waals surface area contributed by atoms with Gasteiger partial charge in [0.05, 0.1) is 18.7 Å². The molecule has 0 radical (unpaired) electrons. The lowest BCUT2D eigenvalue weighted by Gasteiger charge is -2.23. The van der Waals surface area contributed by atoms with Crippen molar-refractivity contribution in [2.75, 3.05) is 5.32 Å². The average molecular weight is 351 g/mol. The molecule has 0 aliphatic heterocycles. The van der Waals surface area contributed by atoms with Crippen LogP contribution in [0.15, 0.2) is 12.1 Å². The van der Waals surface area contributed by atoms with E-state index in [2.05, 4.69) is 5.32 Å². The van der Waals surface area contributed by atoms with Gasteiger partial charge in [-0.1, -0.05) is 12.1 Å². The van der Waals surface area contributed by atoms with Crippen molar-refractivity contribution in [3.63, 3.8) is 0 Å². The topological polar surface area (TPSA) is 84.9 Å². The zero-order valence-electron chi connectivity index (χ0n) is 16.1. The van der Waals surface area contributed by atoms with Crippen molar-refractivity contribution in [2.24, 2.45) is 0 Å². The fourth-order valence-electron chi connectivity index (χ4n) is 2.26. The van der Waals surface area contributed by atoms with Gasteiger partial charge in [0.25, 0.3) is 0 Å². The Hall–Kier alpha value is -2.08. The number of esters is 1. The molecule has 0 aliphatic rings. The molecule has 25 heavy (non-hydrogen) atoms. The molecule has 0 saturated carbocycles. The molecular weight excluding hydrogens is 322 g/mol. The van der Waals surface area contributed by atoms with E-state index in [9.17, 15) is 14.7 Å². The number of aryl methyl sites for hydroxylation is 1. The number of carbonyl (C=O) groups is 2. The van der Waals surface area contributed by atoms with E-state index in [1.165, 1.54) is 0 Å². The molecule has 0 fully saturated rings. The van der Waals surface area contributed by atoms with Gasteiger partial charge < -0.3 is 14.6 Å². The summed E-state index contributed by atoms with van der Waals surface area (Å²) in [4.78, 5) is 24.4. The van der Waals surface area contributed by atoms with Gasteiger partial charge in [-0.3, -0.25) is 10.1 Å². The molecule has 0 atom stereocenters. The van der Waals surface area contributed by atoms with Gasteiger partial charge in [-0.25, -0.2) is 4.79 Å². The number of benzene rings is 1. The summed E-state index contributed by atoms with van der Waals surface area (Å²) in [5, 5.41) is 12.3. The van der Waals surface area contributed by atoms with Crippen LogP contribution >= 0.6 is 0 Å². The van der Waals surface area contributed by atoms with Gasteiger partial charge in [0, 0.05) is 0 Å². The molecule has 1 rings (SSSR count). The molecule has 1 aromatic carbocycles. The van der Waals surface area contributed by atoms with E-state index in [4.69, 9.17) is 9.47 Å². The first-order valence-electron chi connectivity index (χ1n) is 8.26. The second-order valence-corrected chi connectivity index (χ2v) is 7.94. The van der Waals surface area contributed by atoms with Crippen molar-refractivity contribution < 1.29 is 24.2 Å². The van der Waals surface area contributed by atoms with Crippen LogP contribution in [0.4, 0.5) is 10.5 Å². The maximum absolute atomic E-state index is 12.2. The molecule has 0 aliphatic carbocycles. The predicted molar refractivity (Wildman–Crippen MR) is 96.5 cm³/mol. The predicted octanol–water partition coefficient (Wildman–Crippen LogP) is 3.72. The molecule has 0 bridgehead atoms. The van der Waals surface area contributed by atoms with Crippen molar-refractivity contribution in [3.05, 3.63) is 28.8 Å². The second-order valence-electron chi connectivity index (χ2n) is 7.94. The molecule has 1 aromatic rings. The molecule has 0 aromatic heterocycles. The third kappa shape index (κ3) is 7.13. The fourth-order valence-corrected chi connectivity index (χ4v) is 2.26. The largest absolute Gasteiger partial charge is 0.460 e. The smallest absolute Gasteiger partial charge is 0.412 e. The second kappa shape index (κ2) is 7.87. The number of rotatable bonds is 4. The molecular formula is C19H29NO5. The maximum atomic E-state index is 12.2. The van der Waals surface area contributed by atoms with E-state index in [0.29, 0.717) is 16.8 Å². The van der Waals surface area contributed by atoms with E-state index in [-0.39, 0.29) is 13.0 Å². The van der Waals surface area contributed by atoms with Gasteiger partial charge >= 0.3 is 12.1 Å². The monoisotopic (exact) mass is 351 g/mol. The quantitative estimate of drug-likeness (QED) is 0.808. The molecule has 0 saturated heterocycles. The van der Waals surface area contributed by atoms with E-state index < -0.39 is 23.3 Å². The SMILES string of the molecule is Cc1ccc(CO)c(CC(=O)OC(C)(C)C)c1NC(=O)OC(C)(C)C. The summed E-state index contributed by atoms with van der Waals surface area (Å²) in [6.07, 6.45) is -0.670. The lowest BCUT2D eigenvalue weighted by Crippen LogP contribution is -2.29. The zero-order chi connectivity index (χ0) is 19.4. The Morgan fingerprint density at radius 1 is 1.04 bits per heavy atom. The minimum atomic E-state index is -0.641. The number of ether oxygens (including phenoxy) is 2. The highest BCUT2D eigenvalue weighted by Gasteiger charge is 2.23. The summed E-state index contributed by atoms with van der Waals surface area (Å²) in [6, 6.07) is 3.51. The molecule has 6 heteroatoms. The summed E-state index contributed by atoms with van der Waals surface area (Å²) < 4.78 is 10.6. The molecule has 0 unspecified atom stereocenters.